The molecule has 26 heavy (non-hydrogen) atoms. The fourth-order valence-corrected chi connectivity index (χ4v) is 2.82. The molecule has 8 heteroatoms. The maximum absolute atomic E-state index is 12.0. The number of hydrogen-bond donors (Lipinski definition) is 2. The first kappa shape index (κ1) is 17.7. The first-order valence-electron chi connectivity index (χ1n) is 8.59. The van der Waals surface area contributed by atoms with Gasteiger partial charge in [0.25, 0.3) is 0 Å². The average molecular weight is 355 g/mol. The summed E-state index contributed by atoms with van der Waals surface area (Å²) in [6.45, 7) is 1.79. The van der Waals surface area contributed by atoms with Crippen LogP contribution in [0.15, 0.2) is 43.0 Å². The maximum Gasteiger partial charge on any atom is 0.313 e. The summed E-state index contributed by atoms with van der Waals surface area (Å²) in [5.41, 5.74) is 1.21. The minimum Gasteiger partial charge on any atom is -0.348 e. The number of aromatic nitrogens is 2. The van der Waals surface area contributed by atoms with E-state index in [0.717, 1.165) is 12.1 Å². The predicted octanol–water partition coefficient (Wildman–Crippen LogP) is 1.15. The number of hydrogen-bond acceptors (Lipinski definition) is 4. The third-order valence-electron chi connectivity index (χ3n) is 4.13. The second-order valence-electron chi connectivity index (χ2n) is 6.06. The number of nitrogens with zero attached hydrogens (tertiary/aromatic N) is 3. The van der Waals surface area contributed by atoms with Gasteiger partial charge in [0.1, 0.15) is 0 Å². The normalized spacial score (nSPS) is 13.7. The monoisotopic (exact) mass is 355 g/mol. The van der Waals surface area contributed by atoms with Gasteiger partial charge >= 0.3 is 11.8 Å². The summed E-state index contributed by atoms with van der Waals surface area (Å²) in [5.74, 6) is -1.33. The smallest absolute Gasteiger partial charge is 0.313 e. The summed E-state index contributed by atoms with van der Waals surface area (Å²) in [4.78, 5) is 41.4. The van der Waals surface area contributed by atoms with Crippen molar-refractivity contribution in [2.45, 2.75) is 25.8 Å². The lowest BCUT2D eigenvalue weighted by atomic mass is 10.2. The zero-order chi connectivity index (χ0) is 18.4. The first-order valence-corrected chi connectivity index (χ1v) is 8.59. The minimum absolute atomic E-state index is 0.0733. The fourth-order valence-electron chi connectivity index (χ4n) is 2.82. The van der Waals surface area contributed by atoms with Gasteiger partial charge < -0.3 is 20.1 Å². The van der Waals surface area contributed by atoms with Crippen LogP contribution in [0.3, 0.4) is 0 Å². The van der Waals surface area contributed by atoms with E-state index in [2.05, 4.69) is 15.6 Å². The van der Waals surface area contributed by atoms with Gasteiger partial charge in [-0.05, 0) is 31.0 Å². The lowest BCUT2D eigenvalue weighted by Gasteiger charge is -2.16. The molecule has 1 saturated heterocycles. The number of carbonyl (C=O) groups excluding carboxylic acids is 3. The Kier molecular flexibility index (Phi) is 5.62. The van der Waals surface area contributed by atoms with Crippen LogP contribution in [-0.2, 0) is 20.9 Å². The van der Waals surface area contributed by atoms with Gasteiger partial charge in [0.2, 0.25) is 5.91 Å². The van der Waals surface area contributed by atoms with E-state index in [1.165, 1.54) is 0 Å². The Morgan fingerprint density at radius 3 is 2.85 bits per heavy atom. The molecule has 1 aromatic heterocycles. The van der Waals surface area contributed by atoms with Crippen LogP contribution < -0.4 is 15.5 Å². The quantitative estimate of drug-likeness (QED) is 0.600. The minimum atomic E-state index is -0.725. The molecule has 0 spiro atoms. The van der Waals surface area contributed by atoms with Crippen LogP contribution in [0.5, 0.6) is 0 Å². The molecule has 2 aromatic rings. The van der Waals surface area contributed by atoms with E-state index in [9.17, 15) is 14.4 Å². The topological polar surface area (TPSA) is 96.3 Å². The van der Waals surface area contributed by atoms with Crippen molar-refractivity contribution < 1.29 is 14.4 Å². The summed E-state index contributed by atoms with van der Waals surface area (Å²) in [5, 5.41) is 5.16. The number of nitrogens with one attached hydrogen (secondary N) is 2. The van der Waals surface area contributed by atoms with E-state index in [1.807, 2.05) is 16.8 Å². The van der Waals surface area contributed by atoms with Crippen molar-refractivity contribution in [3.63, 3.8) is 0 Å². The zero-order valence-electron chi connectivity index (χ0n) is 14.4. The first-order chi connectivity index (χ1) is 12.6. The number of rotatable bonds is 6. The summed E-state index contributed by atoms with van der Waals surface area (Å²) in [6.07, 6.45) is 7.30. The van der Waals surface area contributed by atoms with Crippen molar-refractivity contribution >= 4 is 29.1 Å². The molecular formula is C18H21N5O3. The Morgan fingerprint density at radius 1 is 1.23 bits per heavy atom. The molecule has 0 unspecified atom stereocenters. The van der Waals surface area contributed by atoms with Crippen LogP contribution in [0.25, 0.3) is 0 Å². The van der Waals surface area contributed by atoms with Gasteiger partial charge in [0.15, 0.2) is 0 Å². The molecule has 8 nitrogen and oxygen atoms in total. The third kappa shape index (κ3) is 4.47. The number of imidazole rings is 1. The van der Waals surface area contributed by atoms with E-state index in [4.69, 9.17) is 0 Å². The van der Waals surface area contributed by atoms with Gasteiger partial charge in [-0.15, -0.1) is 0 Å². The highest BCUT2D eigenvalue weighted by atomic mass is 16.2. The van der Waals surface area contributed by atoms with Crippen LogP contribution in [0.4, 0.5) is 11.4 Å². The third-order valence-corrected chi connectivity index (χ3v) is 4.13. The second kappa shape index (κ2) is 8.28. The van der Waals surface area contributed by atoms with Gasteiger partial charge in [0, 0.05) is 49.8 Å². The number of amides is 3. The Labute approximate surface area is 151 Å². The molecule has 2 N–H and O–H groups in total. The molecule has 3 rings (SSSR count). The molecule has 3 amide bonds. The Morgan fingerprint density at radius 2 is 2.12 bits per heavy atom. The molecular weight excluding hydrogens is 334 g/mol. The molecule has 0 bridgehead atoms. The summed E-state index contributed by atoms with van der Waals surface area (Å²) in [6, 6.07) is 6.95. The van der Waals surface area contributed by atoms with Crippen LogP contribution in [0.2, 0.25) is 0 Å². The summed E-state index contributed by atoms with van der Waals surface area (Å²) >= 11 is 0. The van der Waals surface area contributed by atoms with E-state index in [-0.39, 0.29) is 5.91 Å². The van der Waals surface area contributed by atoms with E-state index < -0.39 is 11.8 Å². The molecule has 1 aliphatic heterocycles. The molecule has 0 radical (unpaired) electrons. The van der Waals surface area contributed by atoms with E-state index in [1.54, 1.807) is 35.6 Å². The highest BCUT2D eigenvalue weighted by Crippen LogP contribution is 2.24. The largest absolute Gasteiger partial charge is 0.348 e. The molecule has 2 heterocycles. The van der Waals surface area contributed by atoms with Gasteiger partial charge in [-0.2, -0.15) is 0 Å². The Hall–Kier alpha value is -3.16. The van der Waals surface area contributed by atoms with Crippen molar-refractivity contribution in [1.29, 1.82) is 0 Å². The van der Waals surface area contributed by atoms with Gasteiger partial charge in [0.05, 0.1) is 6.33 Å². The number of carbonyl (C=O) groups is 3. The van der Waals surface area contributed by atoms with Crippen LogP contribution >= 0.6 is 0 Å². The van der Waals surface area contributed by atoms with Crippen molar-refractivity contribution in [2.75, 3.05) is 23.3 Å². The molecule has 1 aromatic carbocycles. The SMILES string of the molecule is O=C(NCCCn1ccnc1)C(=O)Nc1cccc(N2CCCC2=O)c1. The summed E-state index contributed by atoms with van der Waals surface area (Å²) < 4.78 is 1.90. The van der Waals surface area contributed by atoms with E-state index in [0.29, 0.717) is 38.2 Å². The summed E-state index contributed by atoms with van der Waals surface area (Å²) in [7, 11) is 0. The molecule has 1 aliphatic rings. The van der Waals surface area contributed by atoms with Gasteiger partial charge in [-0.1, -0.05) is 6.07 Å². The van der Waals surface area contributed by atoms with Gasteiger partial charge in [-0.25, -0.2) is 4.98 Å². The molecule has 0 saturated carbocycles. The predicted molar refractivity (Wildman–Crippen MR) is 96.5 cm³/mol. The molecule has 0 aliphatic carbocycles. The standard InChI is InChI=1S/C18H21N5O3/c24-16-6-2-10-23(16)15-5-1-4-14(12-15)21-18(26)17(25)20-7-3-9-22-11-8-19-13-22/h1,4-5,8,11-13H,2-3,6-7,9-10H2,(H,20,25)(H,21,26). The number of aryl methyl sites for hydroxylation is 1. The second-order valence-corrected chi connectivity index (χ2v) is 6.06. The fraction of sp³-hybridized carbons (Fsp3) is 0.333. The van der Waals surface area contributed by atoms with Gasteiger partial charge in [-0.3, -0.25) is 14.4 Å². The lowest BCUT2D eigenvalue weighted by Crippen LogP contribution is -2.36. The Bertz CT molecular complexity index is 788. The molecule has 136 valence electrons. The van der Waals surface area contributed by atoms with Crippen LogP contribution in [0, 0.1) is 0 Å². The number of benzene rings is 1. The highest BCUT2D eigenvalue weighted by Gasteiger charge is 2.22. The van der Waals surface area contributed by atoms with Crippen LogP contribution in [0.1, 0.15) is 19.3 Å². The van der Waals surface area contributed by atoms with Crippen LogP contribution in [-0.4, -0.2) is 40.4 Å². The van der Waals surface area contributed by atoms with Crippen molar-refractivity contribution in [3.05, 3.63) is 43.0 Å². The lowest BCUT2D eigenvalue weighted by molar-refractivity contribution is -0.136. The maximum atomic E-state index is 12.0. The average Bonchev–Trinajstić information content (AvgIpc) is 3.30. The highest BCUT2D eigenvalue weighted by molar-refractivity contribution is 6.39. The van der Waals surface area contributed by atoms with Crippen molar-refractivity contribution in [3.8, 4) is 0 Å². The molecule has 1 fully saturated rings. The van der Waals surface area contributed by atoms with Crippen molar-refractivity contribution in [1.82, 2.24) is 14.9 Å². The van der Waals surface area contributed by atoms with Crippen molar-refractivity contribution in [2.24, 2.45) is 0 Å². The number of anilines is 2. The molecule has 0 atom stereocenters. The zero-order valence-corrected chi connectivity index (χ0v) is 14.4. The van der Waals surface area contributed by atoms with E-state index >= 15 is 0 Å². The Balaban J connectivity index is 1.47.